The first-order chi connectivity index (χ1) is 14.5. The Morgan fingerprint density at radius 3 is 2.63 bits per heavy atom. The van der Waals surface area contributed by atoms with Crippen molar-refractivity contribution in [2.75, 3.05) is 5.32 Å². The Bertz CT molecular complexity index is 1270. The summed E-state index contributed by atoms with van der Waals surface area (Å²) in [6.07, 6.45) is 1.51. The maximum atomic E-state index is 13.6. The number of para-hydroxylation sites is 1. The van der Waals surface area contributed by atoms with Crippen LogP contribution < -0.4 is 16.3 Å². The fraction of sp³-hybridized carbons (Fsp3) is 0.100. The molecule has 4 aromatic rings. The van der Waals surface area contributed by atoms with Crippen LogP contribution in [0.1, 0.15) is 5.56 Å². The van der Waals surface area contributed by atoms with E-state index in [-0.39, 0.29) is 24.4 Å². The van der Waals surface area contributed by atoms with Gasteiger partial charge in [-0.05, 0) is 24.3 Å². The number of nitrogens with one attached hydrogen (secondary N) is 2. The van der Waals surface area contributed by atoms with Gasteiger partial charge in [0.25, 0.3) is 5.78 Å². The number of carbonyl (C=O) groups excluding carboxylic acids is 1. The lowest BCUT2D eigenvalue weighted by molar-refractivity contribution is -0.122. The van der Waals surface area contributed by atoms with Gasteiger partial charge in [-0.1, -0.05) is 24.3 Å². The van der Waals surface area contributed by atoms with Crippen molar-refractivity contribution in [1.29, 1.82) is 0 Å². The smallest absolute Gasteiger partial charge is 0.350 e. The lowest BCUT2D eigenvalue weighted by atomic mass is 10.2. The van der Waals surface area contributed by atoms with Gasteiger partial charge in [-0.2, -0.15) is 4.98 Å². The third-order valence-corrected chi connectivity index (χ3v) is 4.29. The average molecular weight is 410 g/mol. The van der Waals surface area contributed by atoms with Crippen molar-refractivity contribution in [1.82, 2.24) is 24.5 Å². The Hall–Kier alpha value is -4.08. The molecular weight excluding hydrogens is 394 g/mol. The third kappa shape index (κ3) is 4.17. The molecule has 0 saturated heterocycles. The monoisotopic (exact) mass is 410 g/mol. The van der Waals surface area contributed by atoms with Crippen LogP contribution in [0, 0.1) is 11.6 Å². The van der Waals surface area contributed by atoms with Crippen LogP contribution in [0.4, 0.5) is 20.3 Å². The zero-order valence-electron chi connectivity index (χ0n) is 15.5. The van der Waals surface area contributed by atoms with Crippen molar-refractivity contribution >= 4 is 23.2 Å². The van der Waals surface area contributed by atoms with Crippen LogP contribution in [0.2, 0.25) is 0 Å². The summed E-state index contributed by atoms with van der Waals surface area (Å²) < 4.78 is 28.8. The highest BCUT2D eigenvalue weighted by atomic mass is 19.1. The Morgan fingerprint density at radius 2 is 1.87 bits per heavy atom. The minimum atomic E-state index is -0.761. The second-order valence-electron chi connectivity index (χ2n) is 6.43. The van der Waals surface area contributed by atoms with Crippen molar-refractivity contribution < 1.29 is 13.6 Å². The van der Waals surface area contributed by atoms with Gasteiger partial charge in [0.1, 0.15) is 24.0 Å². The second-order valence-corrected chi connectivity index (χ2v) is 6.43. The van der Waals surface area contributed by atoms with Gasteiger partial charge in [0.15, 0.2) is 0 Å². The summed E-state index contributed by atoms with van der Waals surface area (Å²) in [6, 6.07) is 14.1. The second kappa shape index (κ2) is 8.11. The summed E-state index contributed by atoms with van der Waals surface area (Å²) in [6.45, 7) is -0.511. The average Bonchev–Trinajstić information content (AvgIpc) is 3.03. The molecule has 0 aliphatic carbocycles. The van der Waals surface area contributed by atoms with Gasteiger partial charge < -0.3 is 10.6 Å². The quantitative estimate of drug-likeness (QED) is 0.509. The van der Waals surface area contributed by atoms with Crippen molar-refractivity contribution in [3.8, 4) is 0 Å². The molecule has 0 spiro atoms. The molecule has 30 heavy (non-hydrogen) atoms. The van der Waals surface area contributed by atoms with Gasteiger partial charge in [0.2, 0.25) is 5.91 Å². The Labute approximate surface area is 168 Å². The van der Waals surface area contributed by atoms with Gasteiger partial charge in [0, 0.05) is 30.1 Å². The van der Waals surface area contributed by atoms with Crippen LogP contribution >= 0.6 is 0 Å². The fourth-order valence-corrected chi connectivity index (χ4v) is 2.80. The van der Waals surface area contributed by atoms with Crippen molar-refractivity contribution in [3.63, 3.8) is 0 Å². The van der Waals surface area contributed by atoms with Crippen LogP contribution in [-0.2, 0) is 17.9 Å². The lowest BCUT2D eigenvalue weighted by Crippen LogP contribution is -2.32. The van der Waals surface area contributed by atoms with E-state index in [1.54, 1.807) is 6.07 Å². The summed E-state index contributed by atoms with van der Waals surface area (Å²) in [5, 5.41) is 9.65. The highest BCUT2D eigenvalue weighted by molar-refractivity contribution is 5.75. The van der Waals surface area contributed by atoms with Crippen LogP contribution in [0.5, 0.6) is 0 Å². The number of hydrogen-bond acceptors (Lipinski definition) is 5. The highest BCUT2D eigenvalue weighted by Gasteiger charge is 2.13. The number of rotatable bonds is 6. The Morgan fingerprint density at radius 1 is 1.07 bits per heavy atom. The molecule has 0 atom stereocenters. The molecule has 2 aromatic heterocycles. The largest absolute Gasteiger partial charge is 0.352 e. The molecule has 4 rings (SSSR count). The van der Waals surface area contributed by atoms with Crippen LogP contribution in [0.15, 0.2) is 65.6 Å². The molecule has 152 valence electrons. The van der Waals surface area contributed by atoms with Crippen molar-refractivity contribution in [3.05, 3.63) is 88.5 Å². The molecule has 0 unspecified atom stereocenters. The van der Waals surface area contributed by atoms with E-state index in [0.29, 0.717) is 5.82 Å². The van der Waals surface area contributed by atoms with Crippen molar-refractivity contribution in [2.45, 2.75) is 13.1 Å². The van der Waals surface area contributed by atoms with E-state index in [0.717, 1.165) is 22.5 Å². The molecule has 0 fully saturated rings. The fourth-order valence-electron chi connectivity index (χ4n) is 2.80. The van der Waals surface area contributed by atoms with Gasteiger partial charge in [-0.3, -0.25) is 4.79 Å². The molecule has 8 nitrogen and oxygen atoms in total. The first-order valence-corrected chi connectivity index (χ1v) is 8.98. The molecule has 0 radical (unpaired) electrons. The van der Waals surface area contributed by atoms with E-state index in [4.69, 9.17) is 0 Å². The van der Waals surface area contributed by atoms with Gasteiger partial charge in [-0.25, -0.2) is 22.7 Å². The van der Waals surface area contributed by atoms with Gasteiger partial charge in [-0.15, -0.1) is 5.10 Å². The summed E-state index contributed by atoms with van der Waals surface area (Å²) in [5.41, 5.74) is 0.417. The molecule has 2 aromatic carbocycles. The predicted octanol–water partition coefficient (Wildman–Crippen LogP) is 2.23. The number of carbonyl (C=O) groups is 1. The van der Waals surface area contributed by atoms with Gasteiger partial charge in [0.05, 0.1) is 0 Å². The maximum Gasteiger partial charge on any atom is 0.352 e. The summed E-state index contributed by atoms with van der Waals surface area (Å²) in [4.78, 5) is 28.8. The van der Waals surface area contributed by atoms with Crippen LogP contribution in [0.3, 0.4) is 0 Å². The highest BCUT2D eigenvalue weighted by Crippen LogP contribution is 2.13. The molecule has 0 bridgehead atoms. The molecule has 10 heteroatoms. The van der Waals surface area contributed by atoms with Crippen LogP contribution in [0.25, 0.3) is 5.78 Å². The minimum Gasteiger partial charge on any atom is -0.350 e. The summed E-state index contributed by atoms with van der Waals surface area (Å²) in [5.74, 6) is -1.40. The number of hydrogen-bond donors (Lipinski definition) is 2. The van der Waals surface area contributed by atoms with E-state index < -0.39 is 23.2 Å². The molecule has 0 aliphatic rings. The zero-order valence-corrected chi connectivity index (χ0v) is 15.5. The van der Waals surface area contributed by atoms with E-state index in [2.05, 4.69) is 20.7 Å². The third-order valence-electron chi connectivity index (χ3n) is 4.29. The first kappa shape index (κ1) is 19.2. The number of amides is 1. The zero-order chi connectivity index (χ0) is 21.1. The van der Waals surface area contributed by atoms with E-state index in [9.17, 15) is 18.4 Å². The Balaban J connectivity index is 1.46. The normalized spacial score (nSPS) is 10.9. The number of anilines is 2. The van der Waals surface area contributed by atoms with Crippen molar-refractivity contribution in [2.24, 2.45) is 0 Å². The molecule has 0 aliphatic heterocycles. The maximum absolute atomic E-state index is 13.6. The summed E-state index contributed by atoms with van der Waals surface area (Å²) >= 11 is 0. The topological polar surface area (TPSA) is 93.3 Å². The number of benzene rings is 2. The number of halogens is 2. The number of aromatic nitrogens is 4. The summed E-state index contributed by atoms with van der Waals surface area (Å²) in [7, 11) is 0. The Kier molecular flexibility index (Phi) is 5.21. The number of nitrogens with zero attached hydrogens (tertiary/aromatic N) is 4. The van der Waals surface area contributed by atoms with E-state index in [1.165, 1.54) is 16.7 Å². The molecule has 1 amide bonds. The lowest BCUT2D eigenvalue weighted by Gasteiger charge is -2.06. The van der Waals surface area contributed by atoms with Crippen LogP contribution in [-0.4, -0.2) is 25.1 Å². The molecule has 2 heterocycles. The molecule has 0 saturated carbocycles. The molecular formula is C20H16F2N6O2. The van der Waals surface area contributed by atoms with E-state index >= 15 is 0 Å². The SMILES string of the molecule is O=C(Cn1nc2nc(Nc3ccccc3)ccn2c1=O)NCc1ccc(F)cc1F. The molecule has 2 N–H and O–H groups in total. The van der Waals surface area contributed by atoms with Gasteiger partial charge >= 0.3 is 5.69 Å². The standard InChI is InChI=1S/C20H16F2N6O2/c21-14-7-6-13(16(22)10-14)11-23-18(29)12-28-20(30)27-9-8-17(25-19(27)26-28)24-15-4-2-1-3-5-15/h1-10H,11-12H2,(H,23,29)(H,24,25,26). The first-order valence-electron chi connectivity index (χ1n) is 8.98. The minimum absolute atomic E-state index is 0.123. The van der Waals surface area contributed by atoms with E-state index in [1.807, 2.05) is 30.3 Å². The number of fused-ring (bicyclic) bond motifs is 1. The predicted molar refractivity (Wildman–Crippen MR) is 105 cm³/mol.